The molecule has 1 aromatic heterocycles. The molecule has 0 bridgehead atoms. The summed E-state index contributed by atoms with van der Waals surface area (Å²) < 4.78 is 0. The average molecular weight is 273 g/mol. The van der Waals surface area contributed by atoms with E-state index in [1.54, 1.807) is 0 Å². The topological polar surface area (TPSA) is 41.6 Å². The van der Waals surface area contributed by atoms with Crippen LogP contribution in [0.4, 0.5) is 0 Å². The second kappa shape index (κ2) is 5.64. The van der Waals surface area contributed by atoms with Gasteiger partial charge >= 0.3 is 0 Å². The molecule has 0 aliphatic carbocycles. The van der Waals surface area contributed by atoms with Gasteiger partial charge in [0.2, 0.25) is 0 Å². The predicted octanol–water partition coefficient (Wildman–Crippen LogP) is 3.49. The summed E-state index contributed by atoms with van der Waals surface area (Å²) in [6, 6.07) is 16.3. The molecule has 1 heterocycles. The maximum Gasteiger partial charge on any atom is 0.163 e. The van der Waals surface area contributed by atoms with Crippen LogP contribution in [-0.2, 0) is 0 Å². The second-order valence-corrected chi connectivity index (χ2v) is 5.01. The van der Waals surface area contributed by atoms with Crippen LogP contribution in [-0.4, -0.2) is 15.4 Å². The van der Waals surface area contributed by atoms with Crippen LogP contribution in [0, 0.1) is 25.7 Å². The first-order valence-corrected chi connectivity index (χ1v) is 6.79. The third-order valence-electron chi connectivity index (χ3n) is 3.18. The van der Waals surface area contributed by atoms with Crippen LogP contribution >= 0.6 is 0 Å². The Bertz CT molecular complexity index is 835. The van der Waals surface area contributed by atoms with Crippen LogP contribution in [0.3, 0.4) is 0 Å². The number of rotatable bonds is 1. The summed E-state index contributed by atoms with van der Waals surface area (Å²) in [5, 5.41) is 11.0. The highest BCUT2D eigenvalue weighted by atomic mass is 15.3. The second-order valence-electron chi connectivity index (χ2n) is 5.01. The van der Waals surface area contributed by atoms with Gasteiger partial charge in [-0.3, -0.25) is 0 Å². The minimum atomic E-state index is 0.669. The van der Waals surface area contributed by atoms with Crippen LogP contribution in [0.1, 0.15) is 22.4 Å². The number of hydrogen-bond donors (Lipinski definition) is 1. The van der Waals surface area contributed by atoms with E-state index in [-0.39, 0.29) is 0 Å². The summed E-state index contributed by atoms with van der Waals surface area (Å²) in [6.07, 6.45) is 0. The lowest BCUT2D eigenvalue weighted by Crippen LogP contribution is -1.84. The van der Waals surface area contributed by atoms with Gasteiger partial charge in [-0.2, -0.15) is 10.3 Å². The third kappa shape index (κ3) is 3.01. The van der Waals surface area contributed by atoms with Crippen LogP contribution in [0.25, 0.3) is 11.3 Å². The molecule has 0 aliphatic rings. The van der Waals surface area contributed by atoms with Gasteiger partial charge in [0, 0.05) is 11.1 Å². The Balaban J connectivity index is 1.97. The van der Waals surface area contributed by atoms with E-state index in [1.807, 2.05) is 24.3 Å². The Morgan fingerprint density at radius 3 is 2.38 bits per heavy atom. The number of aromatic nitrogens is 3. The van der Waals surface area contributed by atoms with Crippen LogP contribution in [0.15, 0.2) is 48.5 Å². The standard InChI is InChI=1S/C18H15N3/c1-13-5-3-7-15(11-13)9-10-17-18(20-21-19-17)16-8-4-6-14(2)12-16/h3-8,11-12H,1-2H3,(H,19,20,21). The van der Waals surface area contributed by atoms with Crippen molar-refractivity contribution in [2.24, 2.45) is 0 Å². The van der Waals surface area contributed by atoms with E-state index in [9.17, 15) is 0 Å². The van der Waals surface area contributed by atoms with E-state index < -0.39 is 0 Å². The Kier molecular flexibility index (Phi) is 3.53. The molecule has 2 aromatic carbocycles. The molecule has 0 saturated heterocycles. The summed E-state index contributed by atoms with van der Waals surface area (Å²) >= 11 is 0. The number of aromatic amines is 1. The fourth-order valence-electron chi connectivity index (χ4n) is 2.17. The lowest BCUT2D eigenvalue weighted by Gasteiger charge is -1.98. The molecule has 3 heteroatoms. The van der Waals surface area contributed by atoms with E-state index in [4.69, 9.17) is 0 Å². The molecule has 0 saturated carbocycles. The molecule has 3 aromatic rings. The normalized spacial score (nSPS) is 10.0. The summed E-state index contributed by atoms with van der Waals surface area (Å²) in [5.74, 6) is 6.24. The fraction of sp³-hybridized carbons (Fsp3) is 0.111. The first-order valence-electron chi connectivity index (χ1n) is 6.79. The van der Waals surface area contributed by atoms with Crippen LogP contribution in [0.2, 0.25) is 0 Å². The minimum absolute atomic E-state index is 0.669. The maximum absolute atomic E-state index is 4.22. The number of benzene rings is 2. The Morgan fingerprint density at radius 1 is 0.857 bits per heavy atom. The van der Waals surface area contributed by atoms with Crippen molar-refractivity contribution in [1.29, 1.82) is 0 Å². The van der Waals surface area contributed by atoms with Gasteiger partial charge in [0.05, 0.1) is 0 Å². The van der Waals surface area contributed by atoms with E-state index in [2.05, 4.69) is 65.4 Å². The number of nitrogens with zero attached hydrogens (tertiary/aromatic N) is 2. The molecular weight excluding hydrogens is 258 g/mol. The smallest absolute Gasteiger partial charge is 0.163 e. The number of H-pyrrole nitrogens is 1. The van der Waals surface area contributed by atoms with Crippen molar-refractivity contribution in [2.45, 2.75) is 13.8 Å². The van der Waals surface area contributed by atoms with Crippen LogP contribution in [0.5, 0.6) is 0 Å². The van der Waals surface area contributed by atoms with Gasteiger partial charge < -0.3 is 0 Å². The molecule has 1 N–H and O–H groups in total. The zero-order valence-corrected chi connectivity index (χ0v) is 12.0. The lowest BCUT2D eigenvalue weighted by atomic mass is 10.1. The Hall–Kier alpha value is -2.86. The molecule has 0 atom stereocenters. The highest BCUT2D eigenvalue weighted by Gasteiger charge is 2.07. The van der Waals surface area contributed by atoms with Crippen molar-refractivity contribution in [3.63, 3.8) is 0 Å². The van der Waals surface area contributed by atoms with Gasteiger partial charge in [-0.15, -0.1) is 5.10 Å². The number of hydrogen-bond acceptors (Lipinski definition) is 2. The van der Waals surface area contributed by atoms with E-state index in [1.165, 1.54) is 11.1 Å². The van der Waals surface area contributed by atoms with E-state index in [0.717, 1.165) is 16.8 Å². The van der Waals surface area contributed by atoms with Crippen molar-refractivity contribution in [1.82, 2.24) is 15.4 Å². The van der Waals surface area contributed by atoms with Crippen molar-refractivity contribution < 1.29 is 0 Å². The van der Waals surface area contributed by atoms with Crippen molar-refractivity contribution in [3.05, 3.63) is 70.9 Å². The highest BCUT2D eigenvalue weighted by molar-refractivity contribution is 5.65. The summed E-state index contributed by atoms with van der Waals surface area (Å²) in [6.45, 7) is 4.11. The molecule has 3 nitrogen and oxygen atoms in total. The number of aryl methyl sites for hydroxylation is 2. The van der Waals surface area contributed by atoms with Gasteiger partial charge in [-0.05, 0) is 43.5 Å². The maximum atomic E-state index is 4.22. The van der Waals surface area contributed by atoms with Crippen molar-refractivity contribution >= 4 is 0 Å². The lowest BCUT2D eigenvalue weighted by molar-refractivity contribution is 0.938. The van der Waals surface area contributed by atoms with E-state index >= 15 is 0 Å². The molecule has 102 valence electrons. The third-order valence-corrected chi connectivity index (χ3v) is 3.18. The molecule has 0 radical (unpaired) electrons. The highest BCUT2D eigenvalue weighted by Crippen LogP contribution is 2.19. The van der Waals surface area contributed by atoms with Gasteiger partial charge in [0.15, 0.2) is 5.69 Å². The monoisotopic (exact) mass is 273 g/mol. The van der Waals surface area contributed by atoms with E-state index in [0.29, 0.717) is 5.69 Å². The molecule has 0 fully saturated rings. The van der Waals surface area contributed by atoms with Crippen molar-refractivity contribution in [3.8, 4) is 23.1 Å². The number of nitrogens with one attached hydrogen (secondary N) is 1. The SMILES string of the molecule is Cc1cccc(C#Cc2n[nH]nc2-c2cccc(C)c2)c1. The van der Waals surface area contributed by atoms with Crippen molar-refractivity contribution in [2.75, 3.05) is 0 Å². The zero-order valence-electron chi connectivity index (χ0n) is 12.0. The first-order chi connectivity index (χ1) is 10.2. The minimum Gasteiger partial charge on any atom is -0.196 e. The molecule has 0 amide bonds. The quantitative estimate of drug-likeness (QED) is 0.690. The van der Waals surface area contributed by atoms with Gasteiger partial charge in [0.1, 0.15) is 5.69 Å². The molecular formula is C18H15N3. The van der Waals surface area contributed by atoms with Gasteiger partial charge in [-0.25, -0.2) is 0 Å². The predicted molar refractivity (Wildman–Crippen MR) is 83.7 cm³/mol. The van der Waals surface area contributed by atoms with Crippen LogP contribution < -0.4 is 0 Å². The van der Waals surface area contributed by atoms with Gasteiger partial charge in [-0.1, -0.05) is 41.8 Å². The summed E-state index contributed by atoms with van der Waals surface area (Å²) in [4.78, 5) is 0. The molecule has 21 heavy (non-hydrogen) atoms. The summed E-state index contributed by atoms with van der Waals surface area (Å²) in [7, 11) is 0. The molecule has 0 unspecified atom stereocenters. The molecule has 3 rings (SSSR count). The average Bonchev–Trinajstić information content (AvgIpc) is 2.94. The Morgan fingerprint density at radius 2 is 1.62 bits per heavy atom. The first kappa shape index (κ1) is 13.1. The molecule has 0 aliphatic heterocycles. The largest absolute Gasteiger partial charge is 0.196 e. The zero-order chi connectivity index (χ0) is 14.7. The Labute approximate surface area is 124 Å². The fourth-order valence-corrected chi connectivity index (χ4v) is 2.17. The molecule has 0 spiro atoms. The summed E-state index contributed by atoms with van der Waals surface area (Å²) in [5.41, 5.74) is 5.85. The van der Waals surface area contributed by atoms with Gasteiger partial charge in [0.25, 0.3) is 0 Å².